The fourth-order valence-corrected chi connectivity index (χ4v) is 2.97. The molecule has 0 saturated carbocycles. The molecule has 0 aliphatic rings. The number of carbonyl (C=O) groups is 2. The van der Waals surface area contributed by atoms with Gasteiger partial charge in [-0.25, -0.2) is 9.59 Å². The number of carbonyl (C=O) groups excluding carboxylic acids is 2. The zero-order valence-electron chi connectivity index (χ0n) is 13.3. The molecule has 5 nitrogen and oxygen atoms in total. The number of ether oxygens (including phenoxy) is 2. The number of pyridine rings is 1. The number of rotatable bonds is 3. The van der Waals surface area contributed by atoms with E-state index in [1.807, 2.05) is 24.3 Å². The number of aryl methyl sites for hydroxylation is 2. The smallest absolute Gasteiger partial charge is 0.340 e. The number of hydrogen-bond acceptors (Lipinski definition) is 5. The monoisotopic (exact) mass is 377 g/mol. The summed E-state index contributed by atoms with van der Waals surface area (Å²) in [5.74, 6) is -1.10. The molecule has 6 heteroatoms. The van der Waals surface area contributed by atoms with Crippen molar-refractivity contribution in [2.24, 2.45) is 0 Å². The average molecular weight is 378 g/mol. The molecule has 0 atom stereocenters. The minimum Gasteiger partial charge on any atom is -0.465 e. The lowest BCUT2D eigenvalue weighted by atomic mass is 9.92. The Bertz CT molecular complexity index is 746. The van der Waals surface area contributed by atoms with E-state index >= 15 is 0 Å². The molecule has 0 N–H and O–H groups in total. The van der Waals surface area contributed by atoms with Crippen LogP contribution in [0.3, 0.4) is 0 Å². The predicted molar refractivity (Wildman–Crippen MR) is 89.5 cm³/mol. The van der Waals surface area contributed by atoms with Crippen molar-refractivity contribution in [1.82, 2.24) is 4.98 Å². The molecule has 0 spiro atoms. The third-order valence-electron chi connectivity index (χ3n) is 3.48. The van der Waals surface area contributed by atoms with Crippen molar-refractivity contribution in [3.63, 3.8) is 0 Å². The van der Waals surface area contributed by atoms with Crippen LogP contribution in [0.4, 0.5) is 0 Å². The summed E-state index contributed by atoms with van der Waals surface area (Å²) in [6.07, 6.45) is 0. The highest BCUT2D eigenvalue weighted by molar-refractivity contribution is 9.10. The molecular weight excluding hydrogens is 362 g/mol. The molecule has 0 fully saturated rings. The van der Waals surface area contributed by atoms with Crippen LogP contribution < -0.4 is 0 Å². The van der Waals surface area contributed by atoms with Crippen molar-refractivity contribution in [3.8, 4) is 11.1 Å². The van der Waals surface area contributed by atoms with E-state index in [0.29, 0.717) is 22.5 Å². The third-order valence-corrected chi connectivity index (χ3v) is 4.17. The Hall–Kier alpha value is -2.21. The van der Waals surface area contributed by atoms with Crippen molar-refractivity contribution in [3.05, 3.63) is 51.3 Å². The van der Waals surface area contributed by atoms with Gasteiger partial charge in [0.2, 0.25) is 0 Å². The van der Waals surface area contributed by atoms with Crippen molar-refractivity contribution in [2.75, 3.05) is 14.2 Å². The van der Waals surface area contributed by atoms with Crippen LogP contribution in [0.1, 0.15) is 32.1 Å². The molecule has 0 saturated heterocycles. The van der Waals surface area contributed by atoms with Crippen LogP contribution in [-0.2, 0) is 9.47 Å². The van der Waals surface area contributed by atoms with Crippen molar-refractivity contribution >= 4 is 27.9 Å². The minimum absolute atomic E-state index is 0.255. The van der Waals surface area contributed by atoms with Gasteiger partial charge < -0.3 is 9.47 Å². The highest BCUT2D eigenvalue weighted by atomic mass is 79.9. The molecule has 0 aliphatic heterocycles. The maximum atomic E-state index is 12.3. The van der Waals surface area contributed by atoms with Gasteiger partial charge in [-0.05, 0) is 25.5 Å². The molecule has 0 amide bonds. The number of hydrogen-bond donors (Lipinski definition) is 0. The first-order valence-corrected chi connectivity index (χ1v) is 7.64. The van der Waals surface area contributed by atoms with Crippen molar-refractivity contribution < 1.29 is 19.1 Å². The molecule has 2 aromatic rings. The molecule has 1 aromatic heterocycles. The summed E-state index contributed by atoms with van der Waals surface area (Å²) < 4.78 is 10.5. The summed E-state index contributed by atoms with van der Waals surface area (Å²) in [4.78, 5) is 28.9. The van der Waals surface area contributed by atoms with E-state index in [1.165, 1.54) is 14.2 Å². The average Bonchev–Trinajstić information content (AvgIpc) is 2.53. The number of nitrogens with zero attached hydrogens (tertiary/aromatic N) is 1. The van der Waals surface area contributed by atoms with Gasteiger partial charge in [-0.1, -0.05) is 34.1 Å². The summed E-state index contributed by atoms with van der Waals surface area (Å²) in [7, 11) is 2.59. The Balaban J connectivity index is 2.97. The van der Waals surface area contributed by atoms with Crippen LogP contribution in [-0.4, -0.2) is 31.1 Å². The summed E-state index contributed by atoms with van der Waals surface area (Å²) >= 11 is 3.47. The van der Waals surface area contributed by atoms with Gasteiger partial charge >= 0.3 is 11.9 Å². The summed E-state index contributed by atoms with van der Waals surface area (Å²) in [5, 5.41) is 0. The lowest BCUT2D eigenvalue weighted by molar-refractivity contribution is 0.0599. The first-order chi connectivity index (χ1) is 10.9. The van der Waals surface area contributed by atoms with Crippen LogP contribution in [0.5, 0.6) is 0 Å². The molecule has 2 rings (SSSR count). The van der Waals surface area contributed by atoms with Gasteiger partial charge in [-0.3, -0.25) is 4.98 Å². The van der Waals surface area contributed by atoms with Gasteiger partial charge in [0.05, 0.1) is 36.7 Å². The van der Waals surface area contributed by atoms with Gasteiger partial charge in [0.15, 0.2) is 0 Å². The van der Waals surface area contributed by atoms with Gasteiger partial charge in [-0.2, -0.15) is 0 Å². The maximum absolute atomic E-state index is 12.3. The fourth-order valence-electron chi connectivity index (χ4n) is 2.49. The molecule has 0 radical (unpaired) electrons. The second-order valence-electron chi connectivity index (χ2n) is 4.87. The van der Waals surface area contributed by atoms with Gasteiger partial charge in [-0.15, -0.1) is 0 Å². The van der Waals surface area contributed by atoms with E-state index in [2.05, 4.69) is 20.9 Å². The number of halogens is 1. The van der Waals surface area contributed by atoms with E-state index in [4.69, 9.17) is 9.47 Å². The first kappa shape index (κ1) is 17.1. The topological polar surface area (TPSA) is 65.5 Å². The van der Waals surface area contributed by atoms with E-state index in [9.17, 15) is 9.59 Å². The zero-order chi connectivity index (χ0) is 17.1. The summed E-state index contributed by atoms with van der Waals surface area (Å²) in [6.45, 7) is 3.42. The lowest BCUT2D eigenvalue weighted by Crippen LogP contribution is -2.16. The summed E-state index contributed by atoms with van der Waals surface area (Å²) in [5.41, 5.74) is 2.65. The molecule has 1 heterocycles. The number of benzene rings is 1. The molecule has 0 bridgehead atoms. The van der Waals surface area contributed by atoms with Gasteiger partial charge in [0.1, 0.15) is 0 Å². The number of esters is 2. The largest absolute Gasteiger partial charge is 0.465 e. The Kier molecular flexibility index (Phi) is 5.15. The molecule has 1 aromatic carbocycles. The van der Waals surface area contributed by atoms with Crippen LogP contribution in [0.15, 0.2) is 28.7 Å². The van der Waals surface area contributed by atoms with Crippen molar-refractivity contribution in [1.29, 1.82) is 0 Å². The van der Waals surface area contributed by atoms with Crippen LogP contribution in [0, 0.1) is 13.8 Å². The Labute approximate surface area is 142 Å². The standard InChI is InChI=1S/C17H16BrNO4/c1-9-13(16(20)22-3)15(11-7-5-6-8-12(11)18)14(10(2)19-9)17(21)23-4/h5-8H,1-4H3. The third kappa shape index (κ3) is 3.12. The minimum atomic E-state index is -0.550. The quantitative estimate of drug-likeness (QED) is 0.762. The SMILES string of the molecule is COC(=O)c1c(C)nc(C)c(C(=O)OC)c1-c1ccccc1Br. The van der Waals surface area contributed by atoms with E-state index in [0.717, 1.165) is 4.47 Å². The Morgan fingerprint density at radius 2 is 1.43 bits per heavy atom. The van der Waals surface area contributed by atoms with Crippen molar-refractivity contribution in [2.45, 2.75) is 13.8 Å². The highest BCUT2D eigenvalue weighted by Crippen LogP contribution is 2.36. The fraction of sp³-hybridized carbons (Fsp3) is 0.235. The summed E-state index contributed by atoms with van der Waals surface area (Å²) in [6, 6.07) is 7.33. The second-order valence-corrected chi connectivity index (χ2v) is 5.72. The highest BCUT2D eigenvalue weighted by Gasteiger charge is 2.27. The zero-order valence-corrected chi connectivity index (χ0v) is 14.9. The number of methoxy groups -OCH3 is 2. The van der Waals surface area contributed by atoms with Crippen LogP contribution in [0.2, 0.25) is 0 Å². The molecule has 120 valence electrons. The molecule has 0 unspecified atom stereocenters. The van der Waals surface area contributed by atoms with E-state index < -0.39 is 11.9 Å². The van der Waals surface area contributed by atoms with Crippen LogP contribution in [0.25, 0.3) is 11.1 Å². The molecular formula is C17H16BrNO4. The van der Waals surface area contributed by atoms with E-state index in [1.54, 1.807) is 13.8 Å². The van der Waals surface area contributed by atoms with E-state index in [-0.39, 0.29) is 11.1 Å². The second kappa shape index (κ2) is 6.91. The lowest BCUT2D eigenvalue weighted by Gasteiger charge is -2.17. The number of aromatic nitrogens is 1. The Morgan fingerprint density at radius 3 is 1.87 bits per heavy atom. The predicted octanol–water partition coefficient (Wildman–Crippen LogP) is 3.70. The van der Waals surface area contributed by atoms with Gasteiger partial charge in [0.25, 0.3) is 0 Å². The maximum Gasteiger partial charge on any atom is 0.340 e. The Morgan fingerprint density at radius 1 is 0.957 bits per heavy atom. The normalized spacial score (nSPS) is 10.3. The van der Waals surface area contributed by atoms with Crippen LogP contribution >= 0.6 is 15.9 Å². The molecule has 0 aliphatic carbocycles. The first-order valence-electron chi connectivity index (χ1n) is 6.85. The molecule has 23 heavy (non-hydrogen) atoms. The van der Waals surface area contributed by atoms with Gasteiger partial charge in [0, 0.05) is 10.0 Å².